The molecule has 0 aliphatic rings. The van der Waals surface area contributed by atoms with Gasteiger partial charge in [0.05, 0.1) is 139 Å². The third-order valence-corrected chi connectivity index (χ3v) is 6.68. The lowest BCUT2D eigenvalue weighted by Crippen LogP contribution is -2.31. The number of carbonyl (C=O) groups is 2. The molecule has 0 radical (unpaired) electrons. The Morgan fingerprint density at radius 1 is 0.388 bits per heavy atom. The van der Waals surface area contributed by atoms with Crippen LogP contribution in [0.4, 0.5) is 0 Å². The van der Waals surface area contributed by atoms with E-state index in [2.05, 4.69) is 32.6 Å². The van der Waals surface area contributed by atoms with E-state index in [0.717, 1.165) is 13.0 Å². The maximum absolute atomic E-state index is 11.4. The first-order valence-corrected chi connectivity index (χ1v) is 18.7. The number of nitrogens with one attached hydrogen (secondary N) is 1. The smallest absolute Gasteiger partial charge is 0.329 e. The Kier molecular flexibility index (Phi) is 42.6. The van der Waals surface area contributed by atoms with Crippen LogP contribution in [0.2, 0.25) is 0 Å². The summed E-state index contributed by atoms with van der Waals surface area (Å²) in [4.78, 5) is 21.6. The molecule has 0 aromatic carbocycles. The fraction of sp³-hybridized carbons (Fsp3) is 0.938. The highest BCUT2D eigenvalue weighted by molar-refractivity contribution is 14.1. The molecule has 0 rings (SSSR count). The lowest BCUT2D eigenvalue weighted by molar-refractivity contribution is -0.143. The van der Waals surface area contributed by atoms with Gasteiger partial charge < -0.3 is 67.3 Å². The monoisotopic (exact) mass is 827 g/mol. The van der Waals surface area contributed by atoms with Crippen LogP contribution in [0.3, 0.4) is 0 Å². The molecule has 0 aliphatic heterocycles. The van der Waals surface area contributed by atoms with Gasteiger partial charge in [0.25, 0.3) is 0 Å². The summed E-state index contributed by atoms with van der Waals surface area (Å²) < 4.78 is 65.9. The fourth-order valence-electron chi connectivity index (χ4n) is 3.50. The van der Waals surface area contributed by atoms with Gasteiger partial charge in [-0.3, -0.25) is 4.79 Å². The van der Waals surface area contributed by atoms with E-state index in [1.54, 1.807) is 0 Å². The Morgan fingerprint density at radius 3 is 1.02 bits per heavy atom. The number of alkyl halides is 1. The quantitative estimate of drug-likeness (QED) is 0.0512. The molecule has 0 aromatic heterocycles. The fourth-order valence-corrected chi connectivity index (χ4v) is 4.04. The summed E-state index contributed by atoms with van der Waals surface area (Å²) in [7, 11) is 0. The zero-order chi connectivity index (χ0) is 35.6. The number of amides is 1. The highest BCUT2D eigenvalue weighted by Crippen LogP contribution is 2.02. The van der Waals surface area contributed by atoms with Gasteiger partial charge in [0, 0.05) is 13.2 Å². The number of rotatable bonds is 43. The maximum atomic E-state index is 11.4. The molecule has 0 fully saturated rings. The molecule has 1 amide bonds. The van der Waals surface area contributed by atoms with E-state index in [1.165, 1.54) is 23.7 Å². The largest absolute Gasteiger partial charge is 0.480 e. The molecule has 0 aromatic rings. The van der Waals surface area contributed by atoms with E-state index >= 15 is 0 Å². The van der Waals surface area contributed by atoms with E-state index < -0.39 is 18.5 Å². The van der Waals surface area contributed by atoms with Crippen molar-refractivity contribution in [3.63, 3.8) is 0 Å². The van der Waals surface area contributed by atoms with Crippen molar-refractivity contribution in [1.82, 2.24) is 5.32 Å². The highest BCUT2D eigenvalue weighted by Gasteiger charge is 2.03. The third kappa shape index (κ3) is 45.2. The Labute approximate surface area is 305 Å². The third-order valence-electron chi connectivity index (χ3n) is 5.92. The van der Waals surface area contributed by atoms with Crippen molar-refractivity contribution in [3.8, 4) is 0 Å². The summed E-state index contributed by atoms with van der Waals surface area (Å²) >= 11 is 2.41. The molecule has 0 spiro atoms. The van der Waals surface area contributed by atoms with Crippen molar-refractivity contribution < 1.29 is 71.5 Å². The molecule has 2 N–H and O–H groups in total. The first-order chi connectivity index (χ1) is 24.2. The van der Waals surface area contributed by atoms with Crippen LogP contribution >= 0.6 is 22.6 Å². The van der Waals surface area contributed by atoms with Crippen molar-refractivity contribution in [2.24, 2.45) is 0 Å². The van der Waals surface area contributed by atoms with Gasteiger partial charge in [0.2, 0.25) is 5.91 Å². The predicted octanol–water partition coefficient (Wildman–Crippen LogP) is 1.38. The summed E-state index contributed by atoms with van der Waals surface area (Å²) in [6.07, 6.45) is 4.95. The SMILES string of the molecule is O=C(O)COCC(=O)NCCOCCOCCOCCOCCOCCOCCOCCOCCOCCOCCOCCCCCCI. The second-order valence-corrected chi connectivity index (χ2v) is 11.2. The average molecular weight is 828 g/mol. The van der Waals surface area contributed by atoms with E-state index in [4.69, 9.17) is 57.2 Å². The predicted molar refractivity (Wildman–Crippen MR) is 188 cm³/mol. The Morgan fingerprint density at radius 2 is 0.694 bits per heavy atom. The Hall–Kier alpha value is -0.810. The number of carbonyl (C=O) groups excluding carboxylic acids is 1. The maximum Gasteiger partial charge on any atom is 0.329 e. The number of carboxylic acids is 1. The van der Waals surface area contributed by atoms with Crippen molar-refractivity contribution in [2.45, 2.75) is 25.7 Å². The molecule has 0 heterocycles. The summed E-state index contributed by atoms with van der Waals surface area (Å²) in [5.41, 5.74) is 0. The number of halogens is 1. The average Bonchev–Trinajstić information content (AvgIpc) is 3.09. The van der Waals surface area contributed by atoms with Gasteiger partial charge >= 0.3 is 5.97 Å². The Balaban J connectivity index is 3.08. The molecule has 0 aliphatic carbocycles. The number of unbranched alkanes of at least 4 members (excludes halogenated alkanes) is 3. The molecule has 17 heteroatoms. The van der Waals surface area contributed by atoms with E-state index in [-0.39, 0.29) is 6.61 Å². The van der Waals surface area contributed by atoms with Crippen LogP contribution < -0.4 is 5.32 Å². The van der Waals surface area contributed by atoms with Crippen LogP contribution in [0.15, 0.2) is 0 Å². The molecule has 16 nitrogen and oxygen atoms in total. The number of ether oxygens (including phenoxy) is 12. The van der Waals surface area contributed by atoms with Crippen molar-refractivity contribution >= 4 is 34.5 Å². The van der Waals surface area contributed by atoms with Crippen LogP contribution in [0.5, 0.6) is 0 Å². The molecule has 0 bridgehead atoms. The van der Waals surface area contributed by atoms with Crippen LogP contribution in [0, 0.1) is 0 Å². The second kappa shape index (κ2) is 43.4. The molecule has 49 heavy (non-hydrogen) atoms. The molecule has 0 saturated heterocycles. The lowest BCUT2D eigenvalue weighted by Gasteiger charge is -2.09. The molecule has 292 valence electrons. The zero-order valence-corrected chi connectivity index (χ0v) is 31.4. The number of aliphatic carboxylic acids is 1. The van der Waals surface area contributed by atoms with Gasteiger partial charge in [0.1, 0.15) is 13.2 Å². The zero-order valence-electron chi connectivity index (χ0n) is 29.3. The van der Waals surface area contributed by atoms with E-state index in [0.29, 0.717) is 145 Å². The molecular formula is C32H62INO15. The van der Waals surface area contributed by atoms with E-state index in [9.17, 15) is 9.59 Å². The standard InChI is InChI=1S/C32H62INO15/c33-5-3-1-2-4-7-38-9-11-40-13-15-42-17-19-44-21-23-46-25-27-48-28-26-47-24-22-45-20-18-43-16-14-41-12-10-39-8-6-34-31(35)29-49-30-32(36)37/h1-30H2,(H,34,35)(H,36,37). The molecule has 0 atom stereocenters. The van der Waals surface area contributed by atoms with Gasteiger partial charge in [-0.1, -0.05) is 35.4 Å². The normalized spacial score (nSPS) is 11.4. The van der Waals surface area contributed by atoms with Gasteiger partial charge in [-0.15, -0.1) is 0 Å². The van der Waals surface area contributed by atoms with Crippen LogP contribution in [0.25, 0.3) is 0 Å². The molecule has 0 saturated carbocycles. The summed E-state index contributed by atoms with van der Waals surface area (Å²) in [6.45, 7) is 10.5. The summed E-state index contributed by atoms with van der Waals surface area (Å²) in [5.74, 6) is -1.52. The van der Waals surface area contributed by atoms with Gasteiger partial charge in [-0.25, -0.2) is 4.79 Å². The van der Waals surface area contributed by atoms with Gasteiger partial charge in [-0.05, 0) is 17.3 Å². The number of carboxylic acid groups (broad SMARTS) is 1. The van der Waals surface area contributed by atoms with Crippen LogP contribution in [-0.2, 0) is 66.4 Å². The topological polar surface area (TPSA) is 177 Å². The molecule has 0 unspecified atom stereocenters. The highest BCUT2D eigenvalue weighted by atomic mass is 127. The van der Waals surface area contributed by atoms with Crippen molar-refractivity contribution in [3.05, 3.63) is 0 Å². The van der Waals surface area contributed by atoms with E-state index in [1.807, 2.05) is 0 Å². The molecular weight excluding hydrogens is 765 g/mol. The van der Waals surface area contributed by atoms with Crippen LogP contribution in [-0.4, -0.2) is 187 Å². The minimum Gasteiger partial charge on any atom is -0.480 e. The Bertz CT molecular complexity index is 684. The second-order valence-electron chi connectivity index (χ2n) is 10.1. The van der Waals surface area contributed by atoms with Crippen LogP contribution in [0.1, 0.15) is 25.7 Å². The summed E-state index contributed by atoms with van der Waals surface area (Å²) in [5, 5.41) is 11.0. The van der Waals surface area contributed by atoms with Gasteiger partial charge in [-0.2, -0.15) is 0 Å². The summed E-state index contributed by atoms with van der Waals surface area (Å²) in [6, 6.07) is 0. The van der Waals surface area contributed by atoms with Crippen molar-refractivity contribution in [2.75, 3.05) is 170 Å². The number of hydrogen-bond donors (Lipinski definition) is 2. The number of hydrogen-bond acceptors (Lipinski definition) is 14. The van der Waals surface area contributed by atoms with Crippen molar-refractivity contribution in [1.29, 1.82) is 0 Å². The van der Waals surface area contributed by atoms with Gasteiger partial charge in [0.15, 0.2) is 0 Å². The lowest BCUT2D eigenvalue weighted by atomic mass is 10.2. The first-order valence-electron chi connectivity index (χ1n) is 17.1. The minimum atomic E-state index is -1.12. The first kappa shape index (κ1) is 48.2. The minimum absolute atomic E-state index is 0.300.